The Morgan fingerprint density at radius 2 is 1.85 bits per heavy atom. The molecule has 180 valence electrons. The predicted molar refractivity (Wildman–Crippen MR) is 130 cm³/mol. The third-order valence-electron chi connectivity index (χ3n) is 5.29. The van der Waals surface area contributed by atoms with Crippen LogP contribution in [0.4, 0.5) is 20.8 Å². The highest BCUT2D eigenvalue weighted by Crippen LogP contribution is 2.39. The van der Waals surface area contributed by atoms with Gasteiger partial charge in [0.15, 0.2) is 6.29 Å². The molecule has 0 fully saturated rings. The quantitative estimate of drug-likeness (QED) is 0.392. The summed E-state index contributed by atoms with van der Waals surface area (Å²) in [6.45, 7) is 13.5. The Morgan fingerprint density at radius 3 is 2.38 bits per heavy atom. The highest BCUT2D eigenvalue weighted by Gasteiger charge is 2.32. The minimum absolute atomic E-state index is 0.115. The van der Waals surface area contributed by atoms with Crippen LogP contribution in [-0.2, 0) is 11.3 Å². The van der Waals surface area contributed by atoms with Crippen molar-refractivity contribution in [3.8, 4) is 11.1 Å². The summed E-state index contributed by atoms with van der Waals surface area (Å²) in [5, 5.41) is 4.31. The number of rotatable bonds is 6. The molecule has 0 aliphatic rings. The number of ether oxygens (including phenoxy) is 1. The maximum absolute atomic E-state index is 13.7. The molecule has 7 nitrogen and oxygen atoms in total. The van der Waals surface area contributed by atoms with Crippen molar-refractivity contribution in [2.75, 3.05) is 4.90 Å². The van der Waals surface area contributed by atoms with Crippen LogP contribution in [0.15, 0.2) is 36.5 Å². The number of pyridine rings is 1. The SMILES string of the molecule is CCn1nccc1N(C(=O)OC(C)(C)C)c1nc(C(C)C)c(C=O)c(-c2ccc(F)cc2)c1C. The van der Waals surface area contributed by atoms with Crippen molar-refractivity contribution in [2.45, 2.75) is 66.5 Å². The highest BCUT2D eigenvalue weighted by molar-refractivity contribution is 5.99. The van der Waals surface area contributed by atoms with E-state index in [1.54, 1.807) is 56.8 Å². The van der Waals surface area contributed by atoms with Gasteiger partial charge in [-0.2, -0.15) is 5.10 Å². The molecule has 2 aromatic heterocycles. The van der Waals surface area contributed by atoms with E-state index in [-0.39, 0.29) is 11.7 Å². The van der Waals surface area contributed by atoms with Gasteiger partial charge in [0, 0.05) is 29.3 Å². The van der Waals surface area contributed by atoms with Crippen LogP contribution in [0.5, 0.6) is 0 Å². The molecular weight excluding hydrogens is 435 g/mol. The van der Waals surface area contributed by atoms with Crippen molar-refractivity contribution in [3.05, 3.63) is 59.2 Å². The second kappa shape index (κ2) is 9.75. The minimum Gasteiger partial charge on any atom is -0.443 e. The van der Waals surface area contributed by atoms with Gasteiger partial charge < -0.3 is 4.74 Å². The Bertz CT molecular complexity index is 1190. The van der Waals surface area contributed by atoms with Crippen LogP contribution in [0.1, 0.15) is 69.1 Å². The number of carbonyl (C=O) groups is 2. The maximum Gasteiger partial charge on any atom is 0.421 e. The molecule has 0 atom stereocenters. The Morgan fingerprint density at radius 1 is 1.21 bits per heavy atom. The molecule has 0 N–H and O–H groups in total. The van der Waals surface area contributed by atoms with Gasteiger partial charge in [-0.3, -0.25) is 4.79 Å². The number of carbonyl (C=O) groups excluding carboxylic acids is 2. The van der Waals surface area contributed by atoms with Crippen LogP contribution in [0.2, 0.25) is 0 Å². The molecule has 3 rings (SSSR count). The van der Waals surface area contributed by atoms with Crippen molar-refractivity contribution in [3.63, 3.8) is 0 Å². The van der Waals surface area contributed by atoms with Gasteiger partial charge >= 0.3 is 6.09 Å². The first kappa shape index (κ1) is 25.1. The van der Waals surface area contributed by atoms with Crippen LogP contribution in [0.25, 0.3) is 11.1 Å². The molecule has 0 aliphatic heterocycles. The Labute approximate surface area is 199 Å². The summed E-state index contributed by atoms with van der Waals surface area (Å²) in [6.07, 6.45) is 1.76. The molecule has 0 saturated heterocycles. The molecular formula is C26H31FN4O3. The fourth-order valence-corrected chi connectivity index (χ4v) is 3.82. The third-order valence-corrected chi connectivity index (χ3v) is 5.29. The Balaban J connectivity index is 2.38. The van der Waals surface area contributed by atoms with Crippen LogP contribution >= 0.6 is 0 Å². The predicted octanol–water partition coefficient (Wildman–Crippen LogP) is 6.42. The fourth-order valence-electron chi connectivity index (χ4n) is 3.82. The molecule has 0 bridgehead atoms. The zero-order chi connectivity index (χ0) is 25.2. The molecule has 0 spiro atoms. The molecule has 3 aromatic rings. The van der Waals surface area contributed by atoms with Crippen molar-refractivity contribution >= 4 is 24.0 Å². The molecule has 0 saturated carbocycles. The number of halogens is 1. The van der Waals surface area contributed by atoms with Crippen LogP contribution < -0.4 is 4.90 Å². The fraction of sp³-hybridized carbons (Fsp3) is 0.385. The van der Waals surface area contributed by atoms with E-state index < -0.39 is 11.7 Å². The monoisotopic (exact) mass is 466 g/mol. The second-order valence-electron chi connectivity index (χ2n) is 9.33. The average molecular weight is 467 g/mol. The second-order valence-corrected chi connectivity index (χ2v) is 9.33. The summed E-state index contributed by atoms with van der Waals surface area (Å²) in [5.74, 6) is 0.328. The topological polar surface area (TPSA) is 77.3 Å². The van der Waals surface area contributed by atoms with Gasteiger partial charge in [-0.1, -0.05) is 26.0 Å². The van der Waals surface area contributed by atoms with Gasteiger partial charge in [0.1, 0.15) is 23.1 Å². The standard InChI is InChI=1S/C26H31FN4O3/c1-8-30-21(13-14-28-30)31(25(33)34-26(5,6)7)24-17(4)22(18-9-11-19(27)12-10-18)20(15-32)23(29-24)16(2)3/h9-16H,8H2,1-7H3. The summed E-state index contributed by atoms with van der Waals surface area (Å²) >= 11 is 0. The van der Waals surface area contributed by atoms with E-state index in [4.69, 9.17) is 9.72 Å². The van der Waals surface area contributed by atoms with Gasteiger partial charge in [0.05, 0.1) is 11.9 Å². The van der Waals surface area contributed by atoms with Crippen molar-refractivity contribution in [2.24, 2.45) is 0 Å². The lowest BCUT2D eigenvalue weighted by atomic mass is 9.91. The molecule has 34 heavy (non-hydrogen) atoms. The van der Waals surface area contributed by atoms with Gasteiger partial charge in [0.25, 0.3) is 0 Å². The first-order valence-corrected chi connectivity index (χ1v) is 11.3. The number of amides is 1. The zero-order valence-corrected chi connectivity index (χ0v) is 20.7. The lowest BCUT2D eigenvalue weighted by molar-refractivity contribution is 0.0595. The molecule has 2 heterocycles. The van der Waals surface area contributed by atoms with E-state index >= 15 is 0 Å². The van der Waals surface area contributed by atoms with Gasteiger partial charge in [-0.05, 0) is 58.2 Å². The first-order chi connectivity index (χ1) is 16.0. The number of aryl methyl sites for hydroxylation is 1. The largest absolute Gasteiger partial charge is 0.443 e. The molecule has 0 radical (unpaired) electrons. The van der Waals surface area contributed by atoms with Crippen LogP contribution in [0, 0.1) is 12.7 Å². The lowest BCUT2D eigenvalue weighted by Gasteiger charge is -2.29. The Kier molecular flexibility index (Phi) is 7.19. The van der Waals surface area contributed by atoms with Crippen LogP contribution in [-0.4, -0.2) is 32.7 Å². The van der Waals surface area contributed by atoms with Crippen molar-refractivity contribution in [1.29, 1.82) is 0 Å². The summed E-state index contributed by atoms with van der Waals surface area (Å²) in [5.41, 5.74) is 2.04. The van der Waals surface area contributed by atoms with Gasteiger partial charge in [-0.15, -0.1) is 0 Å². The number of hydrogen-bond acceptors (Lipinski definition) is 5. The average Bonchev–Trinajstić information content (AvgIpc) is 3.22. The molecule has 0 unspecified atom stereocenters. The molecule has 1 aromatic carbocycles. The van der Waals surface area contributed by atoms with E-state index in [0.29, 0.717) is 46.1 Å². The number of anilines is 2. The van der Waals surface area contributed by atoms with Gasteiger partial charge in [-0.25, -0.2) is 23.8 Å². The van der Waals surface area contributed by atoms with Crippen molar-refractivity contribution in [1.82, 2.24) is 14.8 Å². The molecule has 1 amide bonds. The van der Waals surface area contributed by atoms with Gasteiger partial charge in [0.2, 0.25) is 0 Å². The summed E-state index contributed by atoms with van der Waals surface area (Å²) in [4.78, 5) is 32.0. The maximum atomic E-state index is 13.7. The third kappa shape index (κ3) is 5.00. The number of hydrogen-bond donors (Lipinski definition) is 0. The number of benzene rings is 1. The van der Waals surface area contributed by atoms with E-state index in [9.17, 15) is 14.0 Å². The summed E-state index contributed by atoms with van der Waals surface area (Å²) in [6, 6.07) is 7.64. The highest BCUT2D eigenvalue weighted by atomic mass is 19.1. The lowest BCUT2D eigenvalue weighted by Crippen LogP contribution is -2.36. The Hall–Kier alpha value is -3.55. The summed E-state index contributed by atoms with van der Waals surface area (Å²) in [7, 11) is 0. The smallest absolute Gasteiger partial charge is 0.421 e. The first-order valence-electron chi connectivity index (χ1n) is 11.3. The van der Waals surface area contributed by atoms with E-state index in [2.05, 4.69) is 5.10 Å². The molecule has 0 aliphatic carbocycles. The van der Waals surface area contributed by atoms with Crippen LogP contribution in [0.3, 0.4) is 0 Å². The minimum atomic E-state index is -0.746. The molecule has 8 heteroatoms. The van der Waals surface area contributed by atoms with E-state index in [0.717, 1.165) is 6.29 Å². The number of aldehydes is 1. The van der Waals surface area contributed by atoms with E-state index in [1.807, 2.05) is 20.8 Å². The number of aromatic nitrogens is 3. The van der Waals surface area contributed by atoms with E-state index in [1.165, 1.54) is 17.0 Å². The summed E-state index contributed by atoms with van der Waals surface area (Å²) < 4.78 is 21.1. The normalized spacial score (nSPS) is 11.6. The zero-order valence-electron chi connectivity index (χ0n) is 20.7. The number of nitrogens with zero attached hydrogens (tertiary/aromatic N) is 4. The van der Waals surface area contributed by atoms with Crippen molar-refractivity contribution < 1.29 is 18.7 Å².